The lowest BCUT2D eigenvalue weighted by molar-refractivity contribution is 0.441. The highest BCUT2D eigenvalue weighted by molar-refractivity contribution is 14.0. The number of halogens is 1. The third-order valence-corrected chi connectivity index (χ3v) is 4.05. The SMILES string of the molecule is CN=C(NCc1coc(-c2ccc(C)cc2)n1)NC(C)c1ccc(C)o1.I. The highest BCUT2D eigenvalue weighted by Gasteiger charge is 2.12. The third-order valence-electron chi connectivity index (χ3n) is 4.05. The summed E-state index contributed by atoms with van der Waals surface area (Å²) in [7, 11) is 1.73. The summed E-state index contributed by atoms with van der Waals surface area (Å²) < 4.78 is 11.2. The van der Waals surface area contributed by atoms with Crippen LogP contribution in [-0.4, -0.2) is 18.0 Å². The molecule has 0 bridgehead atoms. The number of guanidine groups is 1. The second kappa shape index (κ2) is 9.59. The average molecular weight is 480 g/mol. The van der Waals surface area contributed by atoms with Crippen LogP contribution in [0, 0.1) is 13.8 Å². The Hall–Kier alpha value is -2.29. The number of rotatable bonds is 5. The van der Waals surface area contributed by atoms with E-state index in [-0.39, 0.29) is 30.0 Å². The van der Waals surface area contributed by atoms with Crippen molar-refractivity contribution in [3.05, 3.63) is 65.4 Å². The number of aliphatic imine (C=N–C) groups is 1. The molecular formula is C20H25IN4O2. The van der Waals surface area contributed by atoms with Crippen LogP contribution in [-0.2, 0) is 6.54 Å². The van der Waals surface area contributed by atoms with Gasteiger partial charge in [0.25, 0.3) is 0 Å². The first-order valence-corrected chi connectivity index (χ1v) is 8.60. The summed E-state index contributed by atoms with van der Waals surface area (Å²) in [6, 6.07) is 12.0. The minimum atomic E-state index is 0. The van der Waals surface area contributed by atoms with E-state index >= 15 is 0 Å². The predicted octanol–water partition coefficient (Wildman–Crippen LogP) is 4.60. The summed E-state index contributed by atoms with van der Waals surface area (Å²) in [5, 5.41) is 6.54. The van der Waals surface area contributed by atoms with Crippen molar-refractivity contribution in [2.24, 2.45) is 4.99 Å². The molecule has 0 aliphatic carbocycles. The summed E-state index contributed by atoms with van der Waals surface area (Å²) >= 11 is 0. The second-order valence-corrected chi connectivity index (χ2v) is 6.25. The third kappa shape index (κ3) is 5.59. The minimum absolute atomic E-state index is 0. The van der Waals surface area contributed by atoms with Crippen LogP contribution in [0.15, 0.2) is 56.5 Å². The number of aromatic nitrogens is 1. The van der Waals surface area contributed by atoms with Crippen molar-refractivity contribution >= 4 is 29.9 Å². The fourth-order valence-electron chi connectivity index (χ4n) is 2.55. The van der Waals surface area contributed by atoms with Gasteiger partial charge in [-0.25, -0.2) is 4.98 Å². The van der Waals surface area contributed by atoms with Crippen molar-refractivity contribution in [1.29, 1.82) is 0 Å². The summed E-state index contributed by atoms with van der Waals surface area (Å²) in [5.41, 5.74) is 2.98. The highest BCUT2D eigenvalue weighted by atomic mass is 127. The van der Waals surface area contributed by atoms with Crippen molar-refractivity contribution in [1.82, 2.24) is 15.6 Å². The van der Waals surface area contributed by atoms with Crippen molar-refractivity contribution < 1.29 is 8.83 Å². The maximum atomic E-state index is 5.64. The molecule has 0 spiro atoms. The fourth-order valence-corrected chi connectivity index (χ4v) is 2.55. The zero-order valence-electron chi connectivity index (χ0n) is 15.9. The number of oxazole rings is 1. The number of benzene rings is 1. The molecule has 2 N–H and O–H groups in total. The molecular weight excluding hydrogens is 455 g/mol. The van der Waals surface area contributed by atoms with Crippen LogP contribution in [0.5, 0.6) is 0 Å². The van der Waals surface area contributed by atoms with Crippen LogP contribution in [0.2, 0.25) is 0 Å². The molecule has 0 saturated carbocycles. The molecule has 0 amide bonds. The molecule has 0 radical (unpaired) electrons. The first kappa shape index (κ1) is 21.0. The summed E-state index contributed by atoms with van der Waals surface area (Å²) in [6.45, 7) is 6.52. The van der Waals surface area contributed by atoms with E-state index in [1.54, 1.807) is 13.3 Å². The Morgan fingerprint density at radius 3 is 2.52 bits per heavy atom. The van der Waals surface area contributed by atoms with Crippen LogP contribution < -0.4 is 10.6 Å². The van der Waals surface area contributed by atoms with Crippen molar-refractivity contribution in [2.75, 3.05) is 7.05 Å². The van der Waals surface area contributed by atoms with Gasteiger partial charge in [0.2, 0.25) is 5.89 Å². The molecule has 3 rings (SSSR count). The molecule has 6 nitrogen and oxygen atoms in total. The van der Waals surface area contributed by atoms with Crippen molar-refractivity contribution in [3.63, 3.8) is 0 Å². The lowest BCUT2D eigenvalue weighted by Crippen LogP contribution is -2.38. The molecule has 1 aromatic carbocycles. The molecule has 2 heterocycles. The summed E-state index contributed by atoms with van der Waals surface area (Å²) in [4.78, 5) is 8.77. The molecule has 1 atom stereocenters. The van der Waals surface area contributed by atoms with Crippen LogP contribution in [0.4, 0.5) is 0 Å². The van der Waals surface area contributed by atoms with Gasteiger partial charge in [-0.1, -0.05) is 17.7 Å². The number of furan rings is 1. The lowest BCUT2D eigenvalue weighted by Gasteiger charge is -2.15. The standard InChI is InChI=1S/C20H24N4O2.HI/c1-13-5-8-16(9-6-13)19-24-17(12-25-19)11-22-20(21-4)23-15(3)18-10-7-14(2)26-18;/h5-10,12,15H,11H2,1-4H3,(H2,21,22,23);1H. The van der Waals surface area contributed by atoms with Gasteiger partial charge in [-0.3, -0.25) is 4.99 Å². The number of hydrogen-bond acceptors (Lipinski definition) is 4. The monoisotopic (exact) mass is 480 g/mol. The number of hydrogen-bond donors (Lipinski definition) is 2. The molecule has 1 unspecified atom stereocenters. The predicted molar refractivity (Wildman–Crippen MR) is 117 cm³/mol. The van der Waals surface area contributed by atoms with Crippen molar-refractivity contribution in [2.45, 2.75) is 33.4 Å². The Morgan fingerprint density at radius 1 is 1.15 bits per heavy atom. The fraction of sp³-hybridized carbons (Fsp3) is 0.300. The van der Waals surface area contributed by atoms with Gasteiger partial charge in [0.15, 0.2) is 5.96 Å². The van der Waals surface area contributed by atoms with E-state index in [1.807, 2.05) is 50.2 Å². The Morgan fingerprint density at radius 2 is 1.89 bits per heavy atom. The summed E-state index contributed by atoms with van der Waals surface area (Å²) in [6.07, 6.45) is 1.66. The van der Waals surface area contributed by atoms with E-state index in [0.717, 1.165) is 22.8 Å². The van der Waals surface area contributed by atoms with Gasteiger partial charge in [-0.15, -0.1) is 24.0 Å². The molecule has 3 aromatic rings. The van der Waals surface area contributed by atoms with Gasteiger partial charge in [0, 0.05) is 12.6 Å². The zero-order valence-corrected chi connectivity index (χ0v) is 18.3. The zero-order chi connectivity index (χ0) is 18.5. The molecule has 2 aromatic heterocycles. The normalized spacial score (nSPS) is 12.4. The summed E-state index contributed by atoms with van der Waals surface area (Å²) in [5.74, 6) is 3.05. The van der Waals surface area contributed by atoms with E-state index in [0.29, 0.717) is 18.4 Å². The van der Waals surface area contributed by atoms with E-state index in [1.165, 1.54) is 5.56 Å². The van der Waals surface area contributed by atoms with Crippen LogP contribution in [0.25, 0.3) is 11.5 Å². The number of nitrogens with one attached hydrogen (secondary N) is 2. The Bertz CT molecular complexity index is 884. The molecule has 27 heavy (non-hydrogen) atoms. The van der Waals surface area contributed by atoms with E-state index in [9.17, 15) is 0 Å². The Kier molecular flexibility index (Phi) is 7.46. The second-order valence-electron chi connectivity index (χ2n) is 6.25. The molecule has 7 heteroatoms. The molecule has 0 saturated heterocycles. The van der Waals surface area contributed by atoms with Crippen molar-refractivity contribution in [3.8, 4) is 11.5 Å². The van der Waals surface area contributed by atoms with Gasteiger partial charge < -0.3 is 19.5 Å². The quantitative estimate of drug-likeness (QED) is 0.317. The van der Waals surface area contributed by atoms with Gasteiger partial charge in [0.1, 0.15) is 17.8 Å². The maximum Gasteiger partial charge on any atom is 0.226 e. The smallest absolute Gasteiger partial charge is 0.226 e. The number of aryl methyl sites for hydroxylation is 2. The maximum absolute atomic E-state index is 5.64. The molecule has 0 fully saturated rings. The van der Waals surface area contributed by atoms with Gasteiger partial charge in [0.05, 0.1) is 18.3 Å². The van der Waals surface area contributed by atoms with Gasteiger partial charge >= 0.3 is 0 Å². The Labute approximate surface area is 176 Å². The topological polar surface area (TPSA) is 75.6 Å². The molecule has 0 aliphatic heterocycles. The largest absolute Gasteiger partial charge is 0.464 e. The average Bonchev–Trinajstić information content (AvgIpc) is 3.28. The Balaban J connectivity index is 0.00000261. The number of nitrogens with zero attached hydrogens (tertiary/aromatic N) is 2. The minimum Gasteiger partial charge on any atom is -0.464 e. The first-order valence-electron chi connectivity index (χ1n) is 8.60. The molecule has 0 aliphatic rings. The van der Waals surface area contributed by atoms with E-state index in [2.05, 4.69) is 27.5 Å². The first-order chi connectivity index (χ1) is 12.5. The molecule has 144 valence electrons. The van der Waals surface area contributed by atoms with Gasteiger partial charge in [-0.2, -0.15) is 0 Å². The van der Waals surface area contributed by atoms with E-state index < -0.39 is 0 Å². The van der Waals surface area contributed by atoms with Crippen LogP contribution >= 0.6 is 24.0 Å². The highest BCUT2D eigenvalue weighted by Crippen LogP contribution is 2.19. The lowest BCUT2D eigenvalue weighted by atomic mass is 10.1. The van der Waals surface area contributed by atoms with Crippen LogP contribution in [0.1, 0.15) is 35.7 Å². The van der Waals surface area contributed by atoms with Crippen LogP contribution in [0.3, 0.4) is 0 Å². The van der Waals surface area contributed by atoms with E-state index in [4.69, 9.17) is 8.83 Å². The van der Waals surface area contributed by atoms with Gasteiger partial charge in [-0.05, 0) is 45.0 Å².